The maximum atomic E-state index is 10.5. The van der Waals surface area contributed by atoms with Crippen LogP contribution in [0.5, 0.6) is 11.5 Å². The van der Waals surface area contributed by atoms with Gasteiger partial charge < -0.3 is 15.2 Å². The lowest BCUT2D eigenvalue weighted by Crippen LogP contribution is -2.81. The molecule has 0 spiro atoms. The lowest BCUT2D eigenvalue weighted by Gasteiger charge is -2.22. The van der Waals surface area contributed by atoms with Crippen LogP contribution in [0.15, 0.2) is 17.0 Å². The van der Waals surface area contributed by atoms with Crippen molar-refractivity contribution in [1.29, 1.82) is 0 Å². The molecule has 1 aromatic carbocycles. The molecule has 0 aliphatic carbocycles. The van der Waals surface area contributed by atoms with E-state index in [1.54, 1.807) is 18.9 Å². The van der Waals surface area contributed by atoms with Crippen molar-refractivity contribution in [3.63, 3.8) is 0 Å². The Balaban J connectivity index is 2.97. The molecule has 1 rings (SSSR count). The van der Waals surface area contributed by atoms with Gasteiger partial charge >= 0.3 is 0 Å². The summed E-state index contributed by atoms with van der Waals surface area (Å²) >= 11 is 1.78. The van der Waals surface area contributed by atoms with Crippen molar-refractivity contribution in [3.8, 4) is 11.5 Å². The van der Waals surface area contributed by atoms with Crippen molar-refractivity contribution in [2.45, 2.75) is 50.8 Å². The highest BCUT2D eigenvalue weighted by atomic mass is 32.2. The van der Waals surface area contributed by atoms with Gasteiger partial charge in [-0.05, 0) is 30.2 Å². The van der Waals surface area contributed by atoms with Gasteiger partial charge in [-0.1, -0.05) is 33.6 Å². The molecule has 1 atom stereocenters. The van der Waals surface area contributed by atoms with Crippen LogP contribution in [0.4, 0.5) is 0 Å². The van der Waals surface area contributed by atoms with Gasteiger partial charge in [0.2, 0.25) is 0 Å². The first-order chi connectivity index (χ1) is 10.5. The summed E-state index contributed by atoms with van der Waals surface area (Å²) in [5.74, 6) is 3.17. The largest absolute Gasteiger partial charge is 0.508 e. The summed E-state index contributed by atoms with van der Waals surface area (Å²) in [5, 5.41) is 12.6. The highest BCUT2D eigenvalue weighted by Crippen LogP contribution is 2.40. The molecule has 0 amide bonds. The van der Waals surface area contributed by atoms with E-state index in [9.17, 15) is 5.11 Å². The first-order valence-corrected chi connectivity index (χ1v) is 9.35. The number of quaternary nitrogens is 1. The summed E-state index contributed by atoms with van der Waals surface area (Å²) in [6, 6.07) is 3.92. The number of phenolic OH excluding ortho intramolecular Hbond substituents is 1. The summed E-state index contributed by atoms with van der Waals surface area (Å²) in [7, 11) is 3.78. The average Bonchev–Trinajstić information content (AvgIpc) is 2.49. The zero-order valence-electron chi connectivity index (χ0n) is 14.7. The second-order valence-electron chi connectivity index (χ2n) is 6.11. The van der Waals surface area contributed by atoms with Crippen LogP contribution in [0.3, 0.4) is 0 Å². The highest BCUT2D eigenvalue weighted by Gasteiger charge is 2.22. The van der Waals surface area contributed by atoms with Crippen LogP contribution in [0.2, 0.25) is 0 Å². The second kappa shape index (κ2) is 10.0. The average molecular weight is 327 g/mol. The molecule has 0 bridgehead atoms. The molecule has 0 unspecified atom stereocenters. The number of hydrogen-bond acceptors (Lipinski definition) is 3. The van der Waals surface area contributed by atoms with Crippen molar-refractivity contribution in [1.82, 2.24) is 0 Å². The number of benzene rings is 1. The molecule has 4 heteroatoms. The van der Waals surface area contributed by atoms with E-state index in [1.165, 1.54) is 19.3 Å². The van der Waals surface area contributed by atoms with Crippen LogP contribution in [-0.2, 0) is 0 Å². The molecule has 0 radical (unpaired) electrons. The van der Waals surface area contributed by atoms with Gasteiger partial charge in [-0.3, -0.25) is 0 Å². The Morgan fingerprint density at radius 1 is 1.27 bits per heavy atom. The minimum atomic E-state index is 0.332. The smallest absolute Gasteiger partial charge is 0.132 e. The molecular formula is C18H32NO2S+. The monoisotopic (exact) mass is 326 g/mol. The third kappa shape index (κ3) is 5.40. The van der Waals surface area contributed by atoms with E-state index < -0.39 is 0 Å². The minimum absolute atomic E-state index is 0.332. The van der Waals surface area contributed by atoms with Crippen LogP contribution >= 0.6 is 11.8 Å². The molecule has 3 N–H and O–H groups in total. The van der Waals surface area contributed by atoms with Gasteiger partial charge in [-0.15, -0.1) is 11.8 Å². The molecule has 0 saturated heterocycles. The van der Waals surface area contributed by atoms with Crippen LogP contribution in [0, 0.1) is 5.92 Å². The molecule has 0 fully saturated rings. The summed E-state index contributed by atoms with van der Waals surface area (Å²) in [6.07, 6.45) is 3.68. The predicted molar refractivity (Wildman–Crippen MR) is 95.2 cm³/mol. The lowest BCUT2D eigenvalue weighted by molar-refractivity contribution is -0.630. The molecule has 1 aromatic rings. The van der Waals surface area contributed by atoms with E-state index in [4.69, 9.17) is 4.74 Å². The second-order valence-corrected chi connectivity index (χ2v) is 7.25. The number of phenols is 1. The number of ether oxygens (including phenoxy) is 1. The van der Waals surface area contributed by atoms with Crippen molar-refractivity contribution in [2.24, 2.45) is 5.92 Å². The molecule has 0 saturated carbocycles. The Morgan fingerprint density at radius 3 is 2.55 bits per heavy atom. The maximum Gasteiger partial charge on any atom is 0.132 e. The Kier molecular flexibility index (Phi) is 8.72. The number of aromatic hydroxyl groups is 1. The number of rotatable bonds is 10. The summed E-state index contributed by atoms with van der Waals surface area (Å²) < 4.78 is 5.56. The number of likely N-dealkylation sites (N-methyl/N-ethyl adjacent to an activating group) is 1. The Labute approximate surface area is 139 Å². The Bertz CT molecular complexity index is 449. The molecular weight excluding hydrogens is 294 g/mol. The van der Waals surface area contributed by atoms with E-state index in [1.807, 2.05) is 12.1 Å². The summed E-state index contributed by atoms with van der Waals surface area (Å²) in [4.78, 5) is 1.04. The fourth-order valence-corrected chi connectivity index (χ4v) is 3.73. The van der Waals surface area contributed by atoms with Gasteiger partial charge in [0.25, 0.3) is 0 Å². The predicted octanol–water partition coefficient (Wildman–Crippen LogP) is 3.62. The zero-order valence-corrected chi connectivity index (χ0v) is 15.5. The van der Waals surface area contributed by atoms with Crippen LogP contribution in [-0.4, -0.2) is 31.6 Å². The van der Waals surface area contributed by atoms with Crippen LogP contribution in [0.1, 0.15) is 51.5 Å². The van der Waals surface area contributed by atoms with Crippen molar-refractivity contribution < 1.29 is 15.2 Å². The first kappa shape index (κ1) is 19.2. The fraction of sp³-hybridized carbons (Fsp3) is 0.667. The zero-order chi connectivity index (χ0) is 16.5. The lowest BCUT2D eigenvalue weighted by atomic mass is 9.87. The van der Waals surface area contributed by atoms with Gasteiger partial charge in [-0.2, -0.15) is 0 Å². The minimum Gasteiger partial charge on any atom is -0.508 e. The van der Waals surface area contributed by atoms with E-state index in [-0.39, 0.29) is 0 Å². The highest BCUT2D eigenvalue weighted by molar-refractivity contribution is 7.99. The van der Waals surface area contributed by atoms with Gasteiger partial charge in [-0.25, -0.2) is 0 Å². The summed E-state index contributed by atoms with van der Waals surface area (Å²) in [5.41, 5.74) is 1.00. The first-order valence-electron chi connectivity index (χ1n) is 8.36. The standard InChI is InChI=1S/C18H31NO2S/c1-6-7-8-9-22-18-11-16(20)14(10-17(18)21-5)15(12-19-4)13(2)3/h10-11,13,15,19-20H,6-9,12H2,1-5H3/p+1/t15-/m0/s1. The molecule has 0 aliphatic heterocycles. The van der Waals surface area contributed by atoms with Crippen LogP contribution < -0.4 is 10.1 Å². The summed E-state index contributed by atoms with van der Waals surface area (Å²) in [6.45, 7) is 7.58. The normalized spacial score (nSPS) is 12.6. The van der Waals surface area contributed by atoms with E-state index in [0.29, 0.717) is 17.6 Å². The number of unbranched alkanes of at least 4 members (excludes halogenated alkanes) is 2. The topological polar surface area (TPSA) is 46.1 Å². The van der Waals surface area contributed by atoms with Crippen LogP contribution in [0.25, 0.3) is 0 Å². The fourth-order valence-electron chi connectivity index (χ4n) is 2.68. The van der Waals surface area contributed by atoms with Gasteiger partial charge in [0.15, 0.2) is 0 Å². The number of thioether (sulfide) groups is 1. The van der Waals surface area contributed by atoms with Crippen molar-refractivity contribution >= 4 is 11.8 Å². The maximum absolute atomic E-state index is 10.5. The Morgan fingerprint density at radius 2 is 2.00 bits per heavy atom. The van der Waals surface area contributed by atoms with Gasteiger partial charge in [0.05, 0.1) is 25.6 Å². The quantitative estimate of drug-likeness (QED) is 0.510. The van der Waals surface area contributed by atoms with Gasteiger partial charge in [0.1, 0.15) is 11.5 Å². The Hall–Kier alpha value is -0.870. The molecule has 0 heterocycles. The number of methoxy groups -OCH3 is 1. The van der Waals surface area contributed by atoms with Crippen molar-refractivity contribution in [3.05, 3.63) is 17.7 Å². The third-order valence-corrected chi connectivity index (χ3v) is 5.14. The van der Waals surface area contributed by atoms with Gasteiger partial charge in [0, 0.05) is 11.5 Å². The van der Waals surface area contributed by atoms with E-state index in [0.717, 1.165) is 28.5 Å². The molecule has 0 aromatic heterocycles. The number of nitrogens with two attached hydrogens (primary N) is 1. The van der Waals surface area contributed by atoms with Crippen molar-refractivity contribution in [2.75, 3.05) is 26.5 Å². The molecule has 22 heavy (non-hydrogen) atoms. The third-order valence-electron chi connectivity index (χ3n) is 4.01. The molecule has 126 valence electrons. The van der Waals surface area contributed by atoms with E-state index >= 15 is 0 Å². The SMILES string of the molecule is CCCCCSc1cc(O)c([C@@H](C[NH2+]C)C(C)C)cc1OC. The molecule has 3 nitrogen and oxygen atoms in total. The molecule has 0 aliphatic rings. The number of hydrogen-bond donors (Lipinski definition) is 2. The van der Waals surface area contributed by atoms with E-state index in [2.05, 4.69) is 33.1 Å².